The summed E-state index contributed by atoms with van der Waals surface area (Å²) in [5.74, 6) is 0.358. The van der Waals surface area contributed by atoms with E-state index in [1.165, 1.54) is 0 Å². The smallest absolute Gasteiger partial charge is 0.395 e. The van der Waals surface area contributed by atoms with Crippen molar-refractivity contribution in [2.45, 2.75) is 32.1 Å². The first kappa shape index (κ1) is 46.0. The number of allylic oxidation sites excluding steroid dienone is 2. The summed E-state index contributed by atoms with van der Waals surface area (Å²) in [6.07, 6.45) is 1.09. The fourth-order valence-corrected chi connectivity index (χ4v) is 12.4. The van der Waals surface area contributed by atoms with Gasteiger partial charge in [-0.25, -0.2) is 0 Å². The van der Waals surface area contributed by atoms with Gasteiger partial charge in [0.2, 0.25) is 0 Å². The molecule has 4 N–H and O–H groups in total. The van der Waals surface area contributed by atoms with Crippen molar-refractivity contribution in [2.75, 3.05) is 67.6 Å². The maximum Gasteiger partial charge on any atom is 0.660 e. The highest BCUT2D eigenvalue weighted by molar-refractivity contribution is 8.31. The number of nitriles is 4. The number of benzene rings is 3. The van der Waals surface area contributed by atoms with Crippen LogP contribution < -0.4 is 0 Å². The lowest BCUT2D eigenvalue weighted by Gasteiger charge is -2.45. The third-order valence-electron chi connectivity index (χ3n) is 9.43. The van der Waals surface area contributed by atoms with Gasteiger partial charge in [-0.2, -0.15) is 21.0 Å². The molecule has 0 amide bonds. The van der Waals surface area contributed by atoms with E-state index in [9.17, 15) is 41.5 Å². The molecule has 56 heavy (non-hydrogen) atoms. The second-order valence-electron chi connectivity index (χ2n) is 13.1. The van der Waals surface area contributed by atoms with Crippen LogP contribution in [0.3, 0.4) is 0 Å². The van der Waals surface area contributed by atoms with Crippen molar-refractivity contribution in [1.82, 2.24) is 0 Å². The molecule has 0 unspecified atom stereocenters. The normalized spacial score (nSPS) is 12.0. The Morgan fingerprint density at radius 1 is 0.571 bits per heavy atom. The molecule has 0 radical (unpaired) electrons. The number of aliphatic hydroxyl groups is 4. The molecular formula is C42H51BN4O7S2. The Bertz CT molecular complexity index is 1690. The van der Waals surface area contributed by atoms with Gasteiger partial charge in [0.25, 0.3) is 0 Å². The van der Waals surface area contributed by atoms with Crippen molar-refractivity contribution in [3.05, 3.63) is 130 Å². The minimum absolute atomic E-state index is 0.0567. The molecule has 296 valence electrons. The molecule has 0 saturated carbocycles. The second-order valence-corrected chi connectivity index (χ2v) is 19.6. The minimum Gasteiger partial charge on any atom is -0.395 e. The van der Waals surface area contributed by atoms with Crippen LogP contribution in [0.25, 0.3) is 0 Å². The van der Waals surface area contributed by atoms with Gasteiger partial charge < -0.3 is 33.3 Å². The van der Waals surface area contributed by atoms with E-state index in [0.717, 1.165) is 16.7 Å². The number of hydrogen-bond acceptors (Lipinski definition) is 11. The van der Waals surface area contributed by atoms with Crippen LogP contribution in [-0.4, -0.2) is 95.3 Å². The van der Waals surface area contributed by atoms with Crippen LogP contribution in [0.2, 0.25) is 0 Å². The van der Waals surface area contributed by atoms with E-state index in [0.29, 0.717) is 24.0 Å². The van der Waals surface area contributed by atoms with Crippen molar-refractivity contribution in [1.29, 1.82) is 21.0 Å². The van der Waals surface area contributed by atoms with Gasteiger partial charge in [-0.15, -0.1) is 20.6 Å². The number of hydrogen-bond donors (Lipinski definition) is 4. The van der Waals surface area contributed by atoms with Crippen LogP contribution in [0, 0.1) is 45.3 Å². The highest BCUT2D eigenvalue weighted by atomic mass is 32.3. The third kappa shape index (κ3) is 12.3. The highest BCUT2D eigenvalue weighted by Gasteiger charge is 2.41. The SMILES string of the molecule is CC(CS(CCO)(CCO)OB(OCCCC(c1ccccc1)(c1ccccc1)c1ccccc1)OS(CCO)(CCO)CC(C)=C(C#N)C#N)=C(C#N)C#N. The Balaban J connectivity index is 2.14. The summed E-state index contributed by atoms with van der Waals surface area (Å²) < 4.78 is 20.0. The van der Waals surface area contributed by atoms with Gasteiger partial charge in [-0.3, -0.25) is 0 Å². The summed E-state index contributed by atoms with van der Waals surface area (Å²) in [6, 6.07) is 38.3. The summed E-state index contributed by atoms with van der Waals surface area (Å²) in [6.45, 7) is 2.02. The van der Waals surface area contributed by atoms with Gasteiger partial charge in [-0.05, 0) is 54.5 Å². The molecule has 3 aromatic carbocycles. The summed E-state index contributed by atoms with van der Waals surface area (Å²) in [5, 5.41) is 79.6. The van der Waals surface area contributed by atoms with E-state index in [1.54, 1.807) is 13.8 Å². The monoisotopic (exact) mass is 798 g/mol. The van der Waals surface area contributed by atoms with Crippen LogP contribution >= 0.6 is 20.6 Å². The van der Waals surface area contributed by atoms with Gasteiger partial charge in [0.1, 0.15) is 35.4 Å². The van der Waals surface area contributed by atoms with Gasteiger partial charge >= 0.3 is 7.32 Å². The van der Waals surface area contributed by atoms with Crippen LogP contribution in [0.5, 0.6) is 0 Å². The minimum atomic E-state index is -2.55. The molecule has 0 bridgehead atoms. The average molecular weight is 799 g/mol. The standard InChI is InChI=1S/C42H51BN4O7S2/c1-35(37(29-44)30-45)33-55(25-20-48,26-21-49)53-43(54-56(27-22-50,28-23-51)34-36(2)38(31-46)32-47)52-24-12-19-42(39-13-6-3-7-14-39,40-15-8-4-9-16-40)41-17-10-5-11-18-41/h3-11,13-18,48-51H,12,19-28,33-34H2,1-2H3. The van der Waals surface area contributed by atoms with E-state index in [2.05, 4.69) is 36.4 Å². The fraction of sp³-hybridized carbons (Fsp3) is 0.381. The molecule has 0 saturated heterocycles. The number of rotatable bonds is 24. The van der Waals surface area contributed by atoms with E-state index in [4.69, 9.17) is 12.9 Å². The molecule has 3 rings (SSSR count). The molecular weight excluding hydrogens is 747 g/mol. The maximum absolute atomic E-state index is 10.3. The molecule has 0 spiro atoms. The Labute approximate surface area is 334 Å². The van der Waals surface area contributed by atoms with Crippen molar-refractivity contribution in [3.8, 4) is 24.3 Å². The first-order valence-corrected chi connectivity index (χ1v) is 22.4. The summed E-state index contributed by atoms with van der Waals surface area (Å²) in [5.41, 5.74) is 3.31. The van der Waals surface area contributed by atoms with E-state index >= 15 is 0 Å². The molecule has 0 aliphatic carbocycles. The molecule has 0 aromatic heterocycles. The van der Waals surface area contributed by atoms with Crippen LogP contribution in [0.4, 0.5) is 0 Å². The lowest BCUT2D eigenvalue weighted by atomic mass is 9.67. The van der Waals surface area contributed by atoms with E-state index in [-0.39, 0.29) is 78.7 Å². The molecule has 0 aliphatic heterocycles. The quantitative estimate of drug-likeness (QED) is 0.0360. The van der Waals surface area contributed by atoms with Crippen molar-refractivity contribution in [3.63, 3.8) is 0 Å². The topological polar surface area (TPSA) is 204 Å². The maximum atomic E-state index is 10.3. The summed E-state index contributed by atoms with van der Waals surface area (Å²) in [7, 11) is -6.56. The van der Waals surface area contributed by atoms with Crippen LogP contribution in [-0.2, 0) is 18.3 Å². The highest BCUT2D eigenvalue weighted by Crippen LogP contribution is 2.56. The largest absolute Gasteiger partial charge is 0.660 e. The fourth-order valence-electron chi connectivity index (χ4n) is 6.81. The van der Waals surface area contributed by atoms with Gasteiger partial charge in [0, 0.05) is 46.5 Å². The first-order chi connectivity index (χ1) is 27.1. The van der Waals surface area contributed by atoms with Crippen LogP contribution in [0.15, 0.2) is 113 Å². The van der Waals surface area contributed by atoms with E-state index < -0.39 is 33.4 Å². The zero-order valence-electron chi connectivity index (χ0n) is 32.0. The van der Waals surface area contributed by atoms with Gasteiger partial charge in [0.15, 0.2) is 0 Å². The van der Waals surface area contributed by atoms with Crippen molar-refractivity contribution in [2.24, 2.45) is 0 Å². The molecule has 11 nitrogen and oxygen atoms in total. The number of nitrogens with zero attached hydrogens (tertiary/aromatic N) is 4. The Morgan fingerprint density at radius 2 is 0.893 bits per heavy atom. The molecule has 0 heterocycles. The predicted molar refractivity (Wildman–Crippen MR) is 223 cm³/mol. The van der Waals surface area contributed by atoms with E-state index in [1.807, 2.05) is 78.9 Å². The third-order valence-corrected chi connectivity index (χ3v) is 16.2. The molecule has 14 heteroatoms. The van der Waals surface area contributed by atoms with Gasteiger partial charge in [-0.1, -0.05) is 91.0 Å². The lowest BCUT2D eigenvalue weighted by Crippen LogP contribution is -2.37. The van der Waals surface area contributed by atoms with Gasteiger partial charge in [0.05, 0.1) is 26.4 Å². The Kier molecular flexibility index (Phi) is 19.4. The molecule has 0 atom stereocenters. The molecule has 3 aromatic rings. The first-order valence-electron chi connectivity index (χ1n) is 18.3. The van der Waals surface area contributed by atoms with Crippen molar-refractivity contribution >= 4 is 27.9 Å². The molecule has 0 aliphatic rings. The number of aliphatic hydroxyl groups excluding tert-OH is 4. The Morgan fingerprint density at radius 3 is 1.18 bits per heavy atom. The van der Waals surface area contributed by atoms with Crippen LogP contribution in [0.1, 0.15) is 43.4 Å². The second kappa shape index (κ2) is 23.6. The predicted octanol–water partition coefficient (Wildman–Crippen LogP) is 5.97. The zero-order chi connectivity index (χ0) is 40.9. The Hall–Kier alpha value is -4.42. The summed E-state index contributed by atoms with van der Waals surface area (Å²) in [4.78, 5) is 0. The average Bonchev–Trinajstić information content (AvgIpc) is 3.20. The lowest BCUT2D eigenvalue weighted by molar-refractivity contribution is 0.204. The molecule has 0 fully saturated rings. The zero-order valence-corrected chi connectivity index (χ0v) is 33.7. The van der Waals surface area contributed by atoms with Crippen molar-refractivity contribution < 1.29 is 33.3 Å². The summed E-state index contributed by atoms with van der Waals surface area (Å²) >= 11 is 0.